The highest BCUT2D eigenvalue weighted by molar-refractivity contribution is 7.80. The van der Waals surface area contributed by atoms with Gasteiger partial charge in [-0.05, 0) is 55.3 Å². The van der Waals surface area contributed by atoms with Crippen LogP contribution in [0.2, 0.25) is 0 Å². The van der Waals surface area contributed by atoms with Gasteiger partial charge >= 0.3 is 0 Å². The zero-order valence-electron chi connectivity index (χ0n) is 13.0. The first-order chi connectivity index (χ1) is 9.77. The molecular weight excluding hydrogens is 284 g/mol. The maximum absolute atomic E-state index is 12.8. The Morgan fingerprint density at radius 1 is 1.33 bits per heavy atom. The average molecular weight is 308 g/mol. The minimum Gasteiger partial charge on any atom is -0.381 e. The third-order valence-corrected chi connectivity index (χ3v) is 6.14. The summed E-state index contributed by atoms with van der Waals surface area (Å²) in [6.07, 6.45) is 5.19. The second-order valence-electron chi connectivity index (χ2n) is 7.41. The summed E-state index contributed by atoms with van der Waals surface area (Å²) < 4.78 is 5.50. The van der Waals surface area contributed by atoms with Crippen molar-refractivity contribution in [2.24, 2.45) is 10.8 Å². The Balaban J connectivity index is 2.05. The molecule has 1 unspecified atom stereocenters. The molecule has 0 radical (unpaired) electrons. The van der Waals surface area contributed by atoms with Crippen molar-refractivity contribution in [3.8, 4) is 0 Å². The lowest BCUT2D eigenvalue weighted by molar-refractivity contribution is -0.128. The van der Waals surface area contributed by atoms with Crippen molar-refractivity contribution in [2.75, 3.05) is 7.11 Å². The van der Waals surface area contributed by atoms with Gasteiger partial charge in [0.15, 0.2) is 5.11 Å². The van der Waals surface area contributed by atoms with E-state index >= 15 is 0 Å². The molecule has 1 heterocycles. The maximum Gasteiger partial charge on any atom is 0.256 e. The molecule has 3 fully saturated rings. The molecule has 21 heavy (non-hydrogen) atoms. The SMILES string of the molecule is C=C1C(C)(C)CC2(CCC(OC)CC2)C12NC(=S)NC2=O. The summed E-state index contributed by atoms with van der Waals surface area (Å²) in [4.78, 5) is 12.8. The molecule has 3 aliphatic rings. The second-order valence-corrected chi connectivity index (χ2v) is 7.82. The summed E-state index contributed by atoms with van der Waals surface area (Å²) >= 11 is 5.22. The van der Waals surface area contributed by atoms with Crippen LogP contribution in [0.4, 0.5) is 0 Å². The van der Waals surface area contributed by atoms with Gasteiger partial charge in [0.05, 0.1) is 6.10 Å². The monoisotopic (exact) mass is 308 g/mol. The number of hydrogen-bond acceptors (Lipinski definition) is 3. The molecule has 1 saturated heterocycles. The van der Waals surface area contributed by atoms with Crippen LogP contribution in [0.15, 0.2) is 12.2 Å². The number of carbonyl (C=O) groups excluding carboxylic acids is 1. The number of hydrogen-bond donors (Lipinski definition) is 2. The van der Waals surface area contributed by atoms with Gasteiger partial charge in [0.25, 0.3) is 5.91 Å². The fourth-order valence-corrected chi connectivity index (χ4v) is 5.13. The molecule has 2 N–H and O–H groups in total. The molecule has 3 rings (SSSR count). The number of fused-ring (bicyclic) bond motifs is 1. The smallest absolute Gasteiger partial charge is 0.256 e. The van der Waals surface area contributed by atoms with E-state index in [1.807, 2.05) is 0 Å². The lowest BCUT2D eigenvalue weighted by Gasteiger charge is -2.46. The Hall–Kier alpha value is -0.940. The zero-order chi connectivity index (χ0) is 15.5. The predicted molar refractivity (Wildman–Crippen MR) is 85.8 cm³/mol. The molecule has 2 spiro atoms. The first-order valence-corrected chi connectivity index (χ1v) is 8.04. The van der Waals surface area contributed by atoms with E-state index in [2.05, 4.69) is 31.1 Å². The largest absolute Gasteiger partial charge is 0.381 e. The topological polar surface area (TPSA) is 50.4 Å². The van der Waals surface area contributed by atoms with Crippen molar-refractivity contribution in [3.05, 3.63) is 12.2 Å². The zero-order valence-corrected chi connectivity index (χ0v) is 13.9. The van der Waals surface area contributed by atoms with Crippen molar-refractivity contribution in [1.82, 2.24) is 10.6 Å². The molecule has 2 aliphatic carbocycles. The number of ether oxygens (including phenoxy) is 1. The number of thiocarbonyl (C=S) groups is 1. The van der Waals surface area contributed by atoms with Crippen molar-refractivity contribution in [3.63, 3.8) is 0 Å². The first-order valence-electron chi connectivity index (χ1n) is 7.64. The van der Waals surface area contributed by atoms with Crippen LogP contribution in [-0.4, -0.2) is 29.8 Å². The van der Waals surface area contributed by atoms with Crippen LogP contribution in [0.3, 0.4) is 0 Å². The maximum atomic E-state index is 12.8. The minimum absolute atomic E-state index is 0.0149. The summed E-state index contributed by atoms with van der Waals surface area (Å²) in [7, 11) is 1.77. The van der Waals surface area contributed by atoms with E-state index in [-0.39, 0.29) is 16.7 Å². The van der Waals surface area contributed by atoms with E-state index in [1.165, 1.54) is 0 Å². The highest BCUT2D eigenvalue weighted by Gasteiger charge is 2.69. The highest BCUT2D eigenvalue weighted by atomic mass is 32.1. The van der Waals surface area contributed by atoms with E-state index in [1.54, 1.807) is 7.11 Å². The summed E-state index contributed by atoms with van der Waals surface area (Å²) in [5.74, 6) is -0.0149. The molecule has 4 nitrogen and oxygen atoms in total. The predicted octanol–water partition coefficient (Wildman–Crippen LogP) is 2.29. The second kappa shape index (κ2) is 4.53. The van der Waals surface area contributed by atoms with Gasteiger partial charge in [-0.2, -0.15) is 0 Å². The normalized spacial score (nSPS) is 41.7. The van der Waals surface area contributed by atoms with Gasteiger partial charge in [0.2, 0.25) is 0 Å². The van der Waals surface area contributed by atoms with Crippen LogP contribution >= 0.6 is 12.2 Å². The number of carbonyl (C=O) groups is 1. The molecular formula is C16H24N2O2S. The molecule has 1 amide bonds. The highest BCUT2D eigenvalue weighted by Crippen LogP contribution is 2.64. The van der Waals surface area contributed by atoms with Gasteiger partial charge in [-0.25, -0.2) is 0 Å². The Bertz CT molecular complexity index is 520. The Kier molecular flexibility index (Phi) is 3.23. The standard InChI is InChI=1S/C16H24N2O2S/c1-10-14(2,3)9-15(7-5-11(20-4)6-8-15)16(10)12(19)17-13(21)18-16/h11H,1,5-9H2,2-4H3,(H2,17,18,19,21). The molecule has 0 aromatic rings. The molecule has 5 heteroatoms. The minimum atomic E-state index is -0.730. The number of methoxy groups -OCH3 is 1. The van der Waals surface area contributed by atoms with E-state index < -0.39 is 5.54 Å². The quantitative estimate of drug-likeness (QED) is 0.576. The van der Waals surface area contributed by atoms with E-state index in [0.717, 1.165) is 37.7 Å². The lowest BCUT2D eigenvalue weighted by atomic mass is 9.62. The summed E-state index contributed by atoms with van der Waals surface area (Å²) in [5, 5.41) is 6.55. The van der Waals surface area contributed by atoms with Gasteiger partial charge < -0.3 is 15.4 Å². The first kappa shape index (κ1) is 15.0. The Labute approximate surface area is 131 Å². The van der Waals surface area contributed by atoms with Crippen LogP contribution in [0, 0.1) is 10.8 Å². The van der Waals surface area contributed by atoms with Gasteiger partial charge in [-0.3, -0.25) is 4.79 Å². The fourth-order valence-electron chi connectivity index (χ4n) is 4.89. The Morgan fingerprint density at radius 2 is 1.95 bits per heavy atom. The number of nitrogens with one attached hydrogen (secondary N) is 2. The van der Waals surface area contributed by atoms with Gasteiger partial charge in [-0.15, -0.1) is 0 Å². The average Bonchev–Trinajstić information content (AvgIpc) is 2.81. The van der Waals surface area contributed by atoms with E-state index in [4.69, 9.17) is 17.0 Å². The lowest BCUT2D eigenvalue weighted by Crippen LogP contribution is -2.59. The number of amides is 1. The van der Waals surface area contributed by atoms with E-state index in [0.29, 0.717) is 11.2 Å². The molecule has 1 atom stereocenters. The molecule has 0 aromatic carbocycles. The van der Waals surface area contributed by atoms with Crippen molar-refractivity contribution < 1.29 is 9.53 Å². The Morgan fingerprint density at radius 3 is 2.43 bits per heavy atom. The van der Waals surface area contributed by atoms with Gasteiger partial charge in [0, 0.05) is 12.5 Å². The molecule has 2 saturated carbocycles. The van der Waals surface area contributed by atoms with E-state index in [9.17, 15) is 4.79 Å². The third kappa shape index (κ3) is 1.83. The van der Waals surface area contributed by atoms with Crippen LogP contribution in [-0.2, 0) is 9.53 Å². The van der Waals surface area contributed by atoms with Crippen molar-refractivity contribution in [2.45, 2.75) is 57.6 Å². The summed E-state index contributed by atoms with van der Waals surface area (Å²) in [6.45, 7) is 8.67. The molecule has 0 aromatic heterocycles. The summed E-state index contributed by atoms with van der Waals surface area (Å²) in [5.41, 5.74) is 0.0761. The van der Waals surface area contributed by atoms with Gasteiger partial charge in [-0.1, -0.05) is 20.4 Å². The van der Waals surface area contributed by atoms with Crippen molar-refractivity contribution >= 4 is 23.2 Å². The van der Waals surface area contributed by atoms with Crippen LogP contribution in [0.5, 0.6) is 0 Å². The van der Waals surface area contributed by atoms with Crippen molar-refractivity contribution in [1.29, 1.82) is 0 Å². The molecule has 1 aliphatic heterocycles. The third-order valence-electron chi connectivity index (χ3n) is 5.94. The van der Waals surface area contributed by atoms with Crippen LogP contribution in [0.25, 0.3) is 0 Å². The molecule has 0 bridgehead atoms. The summed E-state index contributed by atoms with van der Waals surface area (Å²) in [6, 6.07) is 0. The van der Waals surface area contributed by atoms with Crippen LogP contribution < -0.4 is 10.6 Å². The molecule has 116 valence electrons. The van der Waals surface area contributed by atoms with Gasteiger partial charge in [0.1, 0.15) is 5.54 Å². The fraction of sp³-hybridized carbons (Fsp3) is 0.750. The van der Waals surface area contributed by atoms with Crippen LogP contribution in [0.1, 0.15) is 46.0 Å². The number of rotatable bonds is 1.